The van der Waals surface area contributed by atoms with E-state index in [0.29, 0.717) is 11.5 Å². The molecular weight excluding hydrogens is 436 g/mol. The van der Waals surface area contributed by atoms with Crippen LogP contribution in [-0.4, -0.2) is 34.9 Å². The summed E-state index contributed by atoms with van der Waals surface area (Å²) < 4.78 is 31.7. The lowest BCUT2D eigenvalue weighted by atomic mass is 10.1. The fourth-order valence-corrected chi connectivity index (χ4v) is 3.21. The first-order chi connectivity index (χ1) is 12.8. The number of phenolic OH excluding ortho intramolecular Hbond substituents is 1. The van der Waals surface area contributed by atoms with E-state index in [1.54, 1.807) is 30.5 Å². The summed E-state index contributed by atoms with van der Waals surface area (Å²) in [6.07, 6.45) is 3.44. The van der Waals surface area contributed by atoms with Crippen molar-refractivity contribution in [3.05, 3.63) is 41.0 Å². The van der Waals surface area contributed by atoms with Crippen LogP contribution in [0.1, 0.15) is 26.2 Å². The molecule has 0 aliphatic rings. The number of nitrogens with zero attached hydrogens (tertiary/aromatic N) is 3. The molecule has 1 unspecified atom stereocenters. The van der Waals surface area contributed by atoms with Crippen molar-refractivity contribution < 1.29 is 18.1 Å². The molecule has 2 rings (SSSR count). The van der Waals surface area contributed by atoms with Crippen molar-refractivity contribution in [2.45, 2.75) is 32.2 Å². The molecular formula is C17H21BrN4O4S. The molecule has 1 aromatic carbocycles. The first-order valence-electron chi connectivity index (χ1n) is 8.35. The van der Waals surface area contributed by atoms with Crippen molar-refractivity contribution in [2.75, 3.05) is 11.1 Å². The highest BCUT2D eigenvalue weighted by molar-refractivity contribution is 9.10. The molecule has 0 amide bonds. The quantitative estimate of drug-likeness (QED) is 0.366. The average Bonchev–Trinajstić information content (AvgIpc) is 2.60. The zero-order chi connectivity index (χ0) is 19.9. The molecule has 1 heterocycles. The van der Waals surface area contributed by atoms with Crippen LogP contribution < -0.4 is 5.32 Å². The van der Waals surface area contributed by atoms with Gasteiger partial charge in [-0.05, 0) is 53.0 Å². The van der Waals surface area contributed by atoms with Crippen molar-refractivity contribution >= 4 is 43.2 Å². The molecule has 27 heavy (non-hydrogen) atoms. The smallest absolute Gasteiger partial charge is 0.264 e. The standard InChI is InChI=1S/C17H21BrN4O4S/c1-2-3-13(8-9-27(24,25)26)20-14-5-6-15(16(23)10-14)21-22-17-7-4-12(18)11-19-17/h4-7,10-11,13,20,23H,2-3,8-9H2,1H3,(H,24,25,26). The zero-order valence-electron chi connectivity index (χ0n) is 14.7. The van der Waals surface area contributed by atoms with Gasteiger partial charge in [0, 0.05) is 28.5 Å². The molecule has 0 radical (unpaired) electrons. The normalized spacial score (nSPS) is 13.0. The molecule has 0 bridgehead atoms. The van der Waals surface area contributed by atoms with Gasteiger partial charge in [-0.3, -0.25) is 4.55 Å². The van der Waals surface area contributed by atoms with E-state index in [2.05, 4.69) is 36.5 Å². The predicted octanol–water partition coefficient (Wildman–Crippen LogP) is 4.82. The lowest BCUT2D eigenvalue weighted by Gasteiger charge is -2.19. The molecule has 0 spiro atoms. The van der Waals surface area contributed by atoms with Gasteiger partial charge in [0.1, 0.15) is 11.4 Å². The zero-order valence-corrected chi connectivity index (χ0v) is 17.1. The van der Waals surface area contributed by atoms with Gasteiger partial charge in [-0.15, -0.1) is 10.2 Å². The average molecular weight is 457 g/mol. The number of nitrogens with one attached hydrogen (secondary N) is 1. The minimum absolute atomic E-state index is 0.0640. The maximum atomic E-state index is 11.0. The Morgan fingerprint density at radius 3 is 2.59 bits per heavy atom. The SMILES string of the molecule is CCCC(CCS(=O)(=O)O)Nc1ccc(N=Nc2ccc(Br)cn2)c(O)c1. The Bertz CT molecular complexity index is 888. The van der Waals surface area contributed by atoms with Gasteiger partial charge in [-0.25, -0.2) is 4.98 Å². The van der Waals surface area contributed by atoms with Gasteiger partial charge in [0.2, 0.25) is 0 Å². The lowest BCUT2D eigenvalue weighted by molar-refractivity contribution is 0.474. The van der Waals surface area contributed by atoms with E-state index in [1.165, 1.54) is 6.07 Å². The highest BCUT2D eigenvalue weighted by atomic mass is 79.9. The molecule has 0 aliphatic heterocycles. The van der Waals surface area contributed by atoms with Crippen molar-refractivity contribution in [3.8, 4) is 5.75 Å². The molecule has 2 aromatic rings. The summed E-state index contributed by atoms with van der Waals surface area (Å²) in [7, 11) is -4.01. The van der Waals surface area contributed by atoms with E-state index in [4.69, 9.17) is 4.55 Å². The molecule has 1 atom stereocenters. The lowest BCUT2D eigenvalue weighted by Crippen LogP contribution is -2.23. The number of aromatic hydroxyl groups is 1. The summed E-state index contributed by atoms with van der Waals surface area (Å²) in [5.74, 6) is 0.0299. The number of hydrogen-bond acceptors (Lipinski definition) is 7. The number of benzene rings is 1. The summed E-state index contributed by atoms with van der Waals surface area (Å²) in [5, 5.41) is 21.3. The third kappa shape index (κ3) is 7.61. The Hall–Kier alpha value is -2.04. The maximum absolute atomic E-state index is 11.0. The van der Waals surface area contributed by atoms with Crippen LogP contribution in [0.4, 0.5) is 17.2 Å². The number of aromatic nitrogens is 1. The highest BCUT2D eigenvalue weighted by Gasteiger charge is 2.13. The van der Waals surface area contributed by atoms with E-state index in [1.807, 2.05) is 6.92 Å². The number of pyridine rings is 1. The van der Waals surface area contributed by atoms with Crippen LogP contribution in [0, 0.1) is 0 Å². The number of anilines is 1. The molecule has 0 fully saturated rings. The summed E-state index contributed by atoms with van der Waals surface area (Å²) in [4.78, 5) is 4.07. The molecule has 10 heteroatoms. The fourth-order valence-electron chi connectivity index (χ4n) is 2.39. The van der Waals surface area contributed by atoms with E-state index in [9.17, 15) is 13.5 Å². The molecule has 0 aliphatic carbocycles. The van der Waals surface area contributed by atoms with Crippen molar-refractivity contribution in [1.82, 2.24) is 4.98 Å². The summed E-state index contributed by atoms with van der Waals surface area (Å²) in [6, 6.07) is 8.15. The highest BCUT2D eigenvalue weighted by Crippen LogP contribution is 2.31. The van der Waals surface area contributed by atoms with Gasteiger partial charge < -0.3 is 10.4 Å². The Balaban J connectivity index is 2.06. The second kappa shape index (κ2) is 9.77. The number of halogens is 1. The third-order valence-corrected chi connectivity index (χ3v) is 4.90. The topological polar surface area (TPSA) is 124 Å². The molecule has 1 aromatic heterocycles. The summed E-state index contributed by atoms with van der Waals surface area (Å²) >= 11 is 3.28. The minimum atomic E-state index is -4.01. The Labute approximate surface area is 166 Å². The van der Waals surface area contributed by atoms with Gasteiger partial charge in [0.15, 0.2) is 5.82 Å². The van der Waals surface area contributed by atoms with Crippen LogP contribution in [0.25, 0.3) is 0 Å². The molecule has 0 saturated heterocycles. The van der Waals surface area contributed by atoms with Gasteiger partial charge in [-0.1, -0.05) is 13.3 Å². The van der Waals surface area contributed by atoms with Crippen LogP contribution in [-0.2, 0) is 10.1 Å². The van der Waals surface area contributed by atoms with E-state index in [-0.39, 0.29) is 29.7 Å². The molecule has 146 valence electrons. The largest absolute Gasteiger partial charge is 0.506 e. The molecule has 0 saturated carbocycles. The Morgan fingerprint density at radius 1 is 1.22 bits per heavy atom. The van der Waals surface area contributed by atoms with Crippen molar-refractivity contribution in [2.24, 2.45) is 10.2 Å². The first kappa shape index (κ1) is 21.3. The second-order valence-corrected chi connectivity index (χ2v) is 8.43. The maximum Gasteiger partial charge on any atom is 0.264 e. The fraction of sp³-hybridized carbons (Fsp3) is 0.353. The number of phenols is 1. The van der Waals surface area contributed by atoms with E-state index >= 15 is 0 Å². The minimum Gasteiger partial charge on any atom is -0.506 e. The van der Waals surface area contributed by atoms with Crippen LogP contribution in [0.5, 0.6) is 5.75 Å². The van der Waals surface area contributed by atoms with Gasteiger partial charge in [0.05, 0.1) is 5.75 Å². The monoisotopic (exact) mass is 456 g/mol. The van der Waals surface area contributed by atoms with Crippen LogP contribution in [0.3, 0.4) is 0 Å². The second-order valence-electron chi connectivity index (χ2n) is 5.94. The third-order valence-electron chi connectivity index (χ3n) is 3.68. The van der Waals surface area contributed by atoms with Gasteiger partial charge in [0.25, 0.3) is 10.1 Å². The molecule has 8 nitrogen and oxygen atoms in total. The van der Waals surface area contributed by atoms with Crippen molar-refractivity contribution in [1.29, 1.82) is 0 Å². The van der Waals surface area contributed by atoms with Crippen LogP contribution in [0.2, 0.25) is 0 Å². The molecule has 3 N–H and O–H groups in total. The predicted molar refractivity (Wildman–Crippen MR) is 108 cm³/mol. The van der Waals surface area contributed by atoms with E-state index < -0.39 is 10.1 Å². The van der Waals surface area contributed by atoms with Crippen molar-refractivity contribution in [3.63, 3.8) is 0 Å². The summed E-state index contributed by atoms with van der Waals surface area (Å²) in [5.41, 5.74) is 0.914. The summed E-state index contributed by atoms with van der Waals surface area (Å²) in [6.45, 7) is 1.99. The van der Waals surface area contributed by atoms with Gasteiger partial charge >= 0.3 is 0 Å². The Morgan fingerprint density at radius 2 is 2.00 bits per heavy atom. The van der Waals surface area contributed by atoms with Crippen LogP contribution >= 0.6 is 15.9 Å². The number of rotatable bonds is 9. The van der Waals surface area contributed by atoms with Crippen LogP contribution in [0.15, 0.2) is 51.2 Å². The first-order valence-corrected chi connectivity index (χ1v) is 10.7. The Kier molecular flexibility index (Phi) is 7.69. The van der Waals surface area contributed by atoms with Gasteiger partial charge in [-0.2, -0.15) is 8.42 Å². The van der Waals surface area contributed by atoms with E-state index in [0.717, 1.165) is 17.3 Å². The number of azo groups is 1. The number of hydrogen-bond donors (Lipinski definition) is 3.